The molecule has 0 bridgehead atoms. The van der Waals surface area contributed by atoms with Gasteiger partial charge in [0, 0.05) is 19.8 Å². The van der Waals surface area contributed by atoms with E-state index in [-0.39, 0.29) is 5.97 Å². The Balaban J connectivity index is 2.65. The first-order valence-electron chi connectivity index (χ1n) is 4.18. The van der Waals surface area contributed by atoms with Crippen LogP contribution in [0.4, 0.5) is 0 Å². The fourth-order valence-corrected chi connectivity index (χ4v) is 2.72. The molecular weight excluding hydrogens is 326 g/mol. The molecule has 0 saturated carbocycles. The zero-order valence-corrected chi connectivity index (χ0v) is 11.0. The second-order valence-corrected chi connectivity index (χ2v) is 4.79. The average molecular weight is 333 g/mol. The molecule has 0 radical (unpaired) electrons. The summed E-state index contributed by atoms with van der Waals surface area (Å²) >= 11 is 6.81. The minimum Gasteiger partial charge on any atom is -0.464 e. The van der Waals surface area contributed by atoms with Crippen molar-refractivity contribution in [1.29, 1.82) is 0 Å². The van der Waals surface area contributed by atoms with Crippen LogP contribution in [0.5, 0.6) is 0 Å². The van der Waals surface area contributed by atoms with Gasteiger partial charge in [-0.1, -0.05) is 31.9 Å². The Morgan fingerprint density at radius 3 is 2.73 bits per heavy atom. The minimum absolute atomic E-state index is 0.366. The Bertz CT molecular complexity index is 533. The monoisotopic (exact) mass is 331 g/mol. The number of nitrogens with one attached hydrogen (secondary N) is 1. The first kappa shape index (κ1) is 10.7. The van der Waals surface area contributed by atoms with Crippen molar-refractivity contribution in [3.63, 3.8) is 0 Å². The molecule has 0 atom stereocenters. The van der Waals surface area contributed by atoms with Crippen LogP contribution < -0.4 is 0 Å². The van der Waals surface area contributed by atoms with Crippen molar-refractivity contribution < 1.29 is 9.53 Å². The van der Waals surface area contributed by atoms with Gasteiger partial charge in [-0.15, -0.1) is 0 Å². The summed E-state index contributed by atoms with van der Waals surface area (Å²) in [5.41, 5.74) is 1.34. The molecule has 0 amide bonds. The van der Waals surface area contributed by atoms with Gasteiger partial charge in [0.2, 0.25) is 0 Å². The minimum atomic E-state index is -0.366. The summed E-state index contributed by atoms with van der Waals surface area (Å²) in [4.78, 5) is 14.3. The van der Waals surface area contributed by atoms with Crippen LogP contribution in [-0.2, 0) is 4.74 Å². The molecule has 3 nitrogen and oxygen atoms in total. The molecule has 0 aliphatic rings. The SMILES string of the molecule is COC(=O)c1cc2c(Br)cc(Br)cc2[nH]1. The van der Waals surface area contributed by atoms with Gasteiger partial charge in [-0.2, -0.15) is 0 Å². The van der Waals surface area contributed by atoms with Crippen LogP contribution >= 0.6 is 31.9 Å². The summed E-state index contributed by atoms with van der Waals surface area (Å²) in [6.07, 6.45) is 0. The van der Waals surface area contributed by atoms with Gasteiger partial charge >= 0.3 is 5.97 Å². The van der Waals surface area contributed by atoms with Crippen LogP contribution in [0.15, 0.2) is 27.1 Å². The largest absolute Gasteiger partial charge is 0.464 e. The molecule has 0 fully saturated rings. The first-order chi connectivity index (χ1) is 7.11. The van der Waals surface area contributed by atoms with Gasteiger partial charge in [-0.05, 0) is 18.2 Å². The topological polar surface area (TPSA) is 42.1 Å². The van der Waals surface area contributed by atoms with Crippen LogP contribution in [0.3, 0.4) is 0 Å². The lowest BCUT2D eigenvalue weighted by molar-refractivity contribution is 0.0595. The van der Waals surface area contributed by atoms with Crippen molar-refractivity contribution in [2.75, 3.05) is 7.11 Å². The molecule has 1 heterocycles. The average Bonchev–Trinajstić information content (AvgIpc) is 2.60. The molecule has 1 aromatic carbocycles. The maximum atomic E-state index is 11.3. The van der Waals surface area contributed by atoms with E-state index < -0.39 is 0 Å². The predicted molar refractivity (Wildman–Crippen MR) is 65.0 cm³/mol. The molecule has 1 N–H and O–H groups in total. The van der Waals surface area contributed by atoms with E-state index in [9.17, 15) is 4.79 Å². The van der Waals surface area contributed by atoms with Gasteiger partial charge in [0.25, 0.3) is 0 Å². The number of hydrogen-bond acceptors (Lipinski definition) is 2. The molecule has 1 aromatic heterocycles. The maximum absolute atomic E-state index is 11.3. The van der Waals surface area contributed by atoms with Crippen LogP contribution in [-0.4, -0.2) is 18.1 Å². The van der Waals surface area contributed by atoms with Crippen LogP contribution in [0, 0.1) is 0 Å². The fraction of sp³-hybridized carbons (Fsp3) is 0.100. The van der Waals surface area contributed by atoms with Gasteiger partial charge < -0.3 is 9.72 Å². The Hall–Kier alpha value is -0.810. The number of H-pyrrole nitrogens is 1. The molecule has 5 heteroatoms. The Morgan fingerprint density at radius 2 is 2.07 bits per heavy atom. The number of esters is 1. The number of methoxy groups -OCH3 is 1. The molecular formula is C10H7Br2NO2. The highest BCUT2D eigenvalue weighted by Gasteiger charge is 2.11. The quantitative estimate of drug-likeness (QED) is 0.812. The highest BCUT2D eigenvalue weighted by Crippen LogP contribution is 2.29. The molecule has 0 aliphatic carbocycles. The van der Waals surface area contributed by atoms with E-state index in [0.717, 1.165) is 19.8 Å². The van der Waals surface area contributed by atoms with Gasteiger partial charge in [0.1, 0.15) is 5.69 Å². The molecule has 15 heavy (non-hydrogen) atoms. The highest BCUT2D eigenvalue weighted by atomic mass is 79.9. The Labute approximate surface area is 103 Å². The second kappa shape index (κ2) is 3.98. The maximum Gasteiger partial charge on any atom is 0.354 e. The lowest BCUT2D eigenvalue weighted by Crippen LogP contribution is -2.00. The number of fused-ring (bicyclic) bond motifs is 1. The number of aromatic nitrogens is 1. The second-order valence-electron chi connectivity index (χ2n) is 3.02. The number of carbonyl (C=O) groups excluding carboxylic acids is 1. The summed E-state index contributed by atoms with van der Waals surface area (Å²) in [5.74, 6) is -0.366. The molecule has 0 saturated heterocycles. The number of aromatic amines is 1. The summed E-state index contributed by atoms with van der Waals surface area (Å²) in [6, 6.07) is 5.60. The van der Waals surface area contributed by atoms with Crippen molar-refractivity contribution in [3.05, 3.63) is 32.8 Å². The summed E-state index contributed by atoms with van der Waals surface area (Å²) in [7, 11) is 1.36. The van der Waals surface area contributed by atoms with Crippen LogP contribution in [0.2, 0.25) is 0 Å². The number of rotatable bonds is 1. The number of benzene rings is 1. The van der Waals surface area contributed by atoms with Crippen molar-refractivity contribution in [2.24, 2.45) is 0 Å². The Morgan fingerprint density at radius 1 is 1.33 bits per heavy atom. The van der Waals surface area contributed by atoms with Crippen molar-refractivity contribution in [1.82, 2.24) is 4.98 Å². The zero-order valence-electron chi connectivity index (χ0n) is 7.80. The molecule has 0 aliphatic heterocycles. The lowest BCUT2D eigenvalue weighted by Gasteiger charge is -1.94. The number of halogens is 2. The normalized spacial score (nSPS) is 10.6. The third-order valence-corrected chi connectivity index (χ3v) is 3.17. The van der Waals surface area contributed by atoms with E-state index in [0.29, 0.717) is 5.69 Å². The van der Waals surface area contributed by atoms with Gasteiger partial charge in [0.15, 0.2) is 0 Å². The van der Waals surface area contributed by atoms with E-state index in [4.69, 9.17) is 0 Å². The van der Waals surface area contributed by atoms with Gasteiger partial charge in [-0.25, -0.2) is 4.79 Å². The van der Waals surface area contributed by atoms with E-state index >= 15 is 0 Å². The van der Waals surface area contributed by atoms with E-state index in [2.05, 4.69) is 41.6 Å². The fourth-order valence-electron chi connectivity index (χ4n) is 1.38. The number of ether oxygens (including phenoxy) is 1. The molecule has 0 unspecified atom stereocenters. The summed E-state index contributed by atoms with van der Waals surface area (Å²) < 4.78 is 6.51. The molecule has 78 valence electrons. The Kier molecular flexibility index (Phi) is 2.84. The van der Waals surface area contributed by atoms with E-state index in [1.54, 1.807) is 6.07 Å². The zero-order chi connectivity index (χ0) is 11.0. The third-order valence-electron chi connectivity index (χ3n) is 2.06. The van der Waals surface area contributed by atoms with Crippen LogP contribution in [0.1, 0.15) is 10.5 Å². The molecule has 2 rings (SSSR count). The highest BCUT2D eigenvalue weighted by molar-refractivity contribution is 9.11. The number of carbonyl (C=O) groups is 1. The van der Waals surface area contributed by atoms with E-state index in [1.165, 1.54) is 7.11 Å². The van der Waals surface area contributed by atoms with Crippen LogP contribution in [0.25, 0.3) is 10.9 Å². The third kappa shape index (κ3) is 1.94. The summed E-state index contributed by atoms with van der Waals surface area (Å²) in [6.45, 7) is 0. The summed E-state index contributed by atoms with van der Waals surface area (Å²) in [5, 5.41) is 0.957. The molecule has 0 spiro atoms. The smallest absolute Gasteiger partial charge is 0.354 e. The standard InChI is InChI=1S/C10H7Br2NO2/c1-15-10(14)9-4-6-7(12)2-5(11)3-8(6)13-9/h2-4,13H,1H3. The van der Waals surface area contributed by atoms with Crippen molar-refractivity contribution in [2.45, 2.75) is 0 Å². The van der Waals surface area contributed by atoms with Crippen molar-refractivity contribution in [3.8, 4) is 0 Å². The number of hydrogen-bond donors (Lipinski definition) is 1. The van der Waals surface area contributed by atoms with Crippen molar-refractivity contribution >= 4 is 48.7 Å². The molecule has 2 aromatic rings. The predicted octanol–water partition coefficient (Wildman–Crippen LogP) is 3.48. The van der Waals surface area contributed by atoms with Gasteiger partial charge in [-0.3, -0.25) is 0 Å². The van der Waals surface area contributed by atoms with Gasteiger partial charge in [0.05, 0.1) is 7.11 Å². The first-order valence-corrected chi connectivity index (χ1v) is 5.76. The van der Waals surface area contributed by atoms with E-state index in [1.807, 2.05) is 12.1 Å². The lowest BCUT2D eigenvalue weighted by atomic mass is 10.2.